The number of esters is 1. The van der Waals surface area contributed by atoms with Gasteiger partial charge >= 0.3 is 12.1 Å². The first-order valence-corrected chi connectivity index (χ1v) is 8.87. The zero-order valence-corrected chi connectivity index (χ0v) is 16.5. The van der Waals surface area contributed by atoms with E-state index in [9.17, 15) is 18.0 Å². The number of alkyl halides is 3. The summed E-state index contributed by atoms with van der Waals surface area (Å²) < 4.78 is 58.8. The molecule has 0 bridgehead atoms. The molecule has 1 aromatic heterocycles. The number of carbonyl (C=O) groups is 1. The Hall–Kier alpha value is -3.82. The van der Waals surface area contributed by atoms with E-state index in [1.807, 2.05) is 0 Å². The lowest BCUT2D eigenvalue weighted by Gasteiger charge is -2.07. The zero-order chi connectivity index (χ0) is 22.4. The standard InChI is InChI=1S/C21H17F3N2O5/c1-28-16-8-6-13(17(11-16)29-2)7-9-19(27)30-12-18-25-20(26-31-18)14-4-3-5-15(10-14)21(22,23)24/h3-11H,12H2,1-2H3/b9-7+. The fourth-order valence-electron chi connectivity index (χ4n) is 2.56. The highest BCUT2D eigenvalue weighted by molar-refractivity contribution is 5.87. The van der Waals surface area contributed by atoms with Crippen LogP contribution < -0.4 is 9.47 Å². The van der Waals surface area contributed by atoms with Gasteiger partial charge in [0.15, 0.2) is 6.61 Å². The molecule has 0 radical (unpaired) electrons. The van der Waals surface area contributed by atoms with Crippen LogP contribution >= 0.6 is 0 Å². The Morgan fingerprint density at radius 3 is 2.65 bits per heavy atom. The largest absolute Gasteiger partial charge is 0.497 e. The smallest absolute Gasteiger partial charge is 0.416 e. The number of methoxy groups -OCH3 is 2. The molecule has 7 nitrogen and oxygen atoms in total. The molecule has 10 heteroatoms. The summed E-state index contributed by atoms with van der Waals surface area (Å²) in [6.45, 7) is -0.338. The lowest BCUT2D eigenvalue weighted by molar-refractivity contribution is -0.140. The van der Waals surface area contributed by atoms with Gasteiger partial charge in [0.2, 0.25) is 5.82 Å². The van der Waals surface area contributed by atoms with Gasteiger partial charge in [0.25, 0.3) is 5.89 Å². The van der Waals surface area contributed by atoms with Crippen LogP contribution in [-0.4, -0.2) is 30.3 Å². The zero-order valence-electron chi connectivity index (χ0n) is 16.5. The minimum atomic E-state index is -4.49. The molecule has 3 rings (SSSR count). The Morgan fingerprint density at radius 2 is 1.94 bits per heavy atom. The molecule has 0 aliphatic heterocycles. The van der Waals surface area contributed by atoms with Crippen LogP contribution in [0, 0.1) is 0 Å². The van der Waals surface area contributed by atoms with Gasteiger partial charge in [-0.15, -0.1) is 0 Å². The van der Waals surface area contributed by atoms with Crippen molar-refractivity contribution in [1.29, 1.82) is 0 Å². The van der Waals surface area contributed by atoms with Crippen molar-refractivity contribution in [2.75, 3.05) is 14.2 Å². The van der Waals surface area contributed by atoms with E-state index < -0.39 is 17.7 Å². The summed E-state index contributed by atoms with van der Waals surface area (Å²) in [6, 6.07) is 9.59. The second kappa shape index (κ2) is 9.33. The van der Waals surface area contributed by atoms with Crippen LogP contribution in [0.4, 0.5) is 13.2 Å². The van der Waals surface area contributed by atoms with Crippen molar-refractivity contribution >= 4 is 12.0 Å². The van der Waals surface area contributed by atoms with Gasteiger partial charge in [0.1, 0.15) is 11.5 Å². The van der Waals surface area contributed by atoms with Crippen LogP contribution in [-0.2, 0) is 22.3 Å². The van der Waals surface area contributed by atoms with E-state index in [-0.39, 0.29) is 23.9 Å². The minimum Gasteiger partial charge on any atom is -0.497 e. The molecule has 0 saturated carbocycles. The second-order valence-corrected chi connectivity index (χ2v) is 6.14. The van der Waals surface area contributed by atoms with Crippen LogP contribution in [0.2, 0.25) is 0 Å². The van der Waals surface area contributed by atoms with Crippen LogP contribution in [0.5, 0.6) is 11.5 Å². The summed E-state index contributed by atoms with van der Waals surface area (Å²) in [5.41, 5.74) is -0.0746. The SMILES string of the molecule is COc1ccc(/C=C/C(=O)OCc2nc(-c3cccc(C(F)(F)F)c3)no2)c(OC)c1. The number of hydrogen-bond donors (Lipinski definition) is 0. The monoisotopic (exact) mass is 434 g/mol. The van der Waals surface area contributed by atoms with E-state index >= 15 is 0 Å². The first kappa shape index (κ1) is 21.9. The van der Waals surface area contributed by atoms with Crippen molar-refractivity contribution in [3.63, 3.8) is 0 Å². The maximum absolute atomic E-state index is 12.8. The second-order valence-electron chi connectivity index (χ2n) is 6.14. The van der Waals surface area contributed by atoms with Gasteiger partial charge in [-0.1, -0.05) is 17.3 Å². The normalized spacial score (nSPS) is 11.5. The van der Waals surface area contributed by atoms with Gasteiger partial charge in [-0.2, -0.15) is 18.2 Å². The summed E-state index contributed by atoms with van der Waals surface area (Å²) in [4.78, 5) is 15.9. The van der Waals surface area contributed by atoms with E-state index in [0.717, 1.165) is 12.1 Å². The minimum absolute atomic E-state index is 0.0457. The molecule has 3 aromatic rings. The lowest BCUT2D eigenvalue weighted by atomic mass is 10.1. The van der Waals surface area contributed by atoms with Crippen molar-refractivity contribution < 1.29 is 36.7 Å². The van der Waals surface area contributed by atoms with Crippen molar-refractivity contribution in [3.05, 3.63) is 65.6 Å². The molecule has 0 saturated heterocycles. The number of rotatable bonds is 7. The maximum atomic E-state index is 12.8. The maximum Gasteiger partial charge on any atom is 0.416 e. The Labute approximate surface area is 175 Å². The number of aromatic nitrogens is 2. The quantitative estimate of drug-likeness (QED) is 0.399. The van der Waals surface area contributed by atoms with E-state index in [1.54, 1.807) is 18.2 Å². The first-order valence-electron chi connectivity index (χ1n) is 8.87. The molecule has 1 heterocycles. The molecule has 31 heavy (non-hydrogen) atoms. The predicted molar refractivity (Wildman–Crippen MR) is 103 cm³/mol. The summed E-state index contributed by atoms with van der Waals surface area (Å²) in [6.07, 6.45) is -1.80. The fourth-order valence-corrected chi connectivity index (χ4v) is 2.56. The summed E-state index contributed by atoms with van der Waals surface area (Å²) in [7, 11) is 3.01. The third kappa shape index (κ3) is 5.62. The number of halogens is 3. The molecule has 0 fully saturated rings. The average molecular weight is 434 g/mol. The molecular weight excluding hydrogens is 417 g/mol. The van der Waals surface area contributed by atoms with Crippen molar-refractivity contribution in [2.24, 2.45) is 0 Å². The van der Waals surface area contributed by atoms with Crippen LogP contribution in [0.15, 0.2) is 53.1 Å². The molecule has 162 valence electrons. The third-order valence-electron chi connectivity index (χ3n) is 4.09. The molecule has 0 aliphatic carbocycles. The summed E-state index contributed by atoms with van der Waals surface area (Å²) >= 11 is 0. The van der Waals surface area contributed by atoms with Gasteiger partial charge in [0, 0.05) is 23.3 Å². The van der Waals surface area contributed by atoms with E-state index in [1.165, 1.54) is 38.5 Å². The number of benzene rings is 2. The van der Waals surface area contributed by atoms with E-state index in [2.05, 4.69) is 10.1 Å². The highest BCUT2D eigenvalue weighted by atomic mass is 19.4. The van der Waals surface area contributed by atoms with Gasteiger partial charge in [-0.3, -0.25) is 0 Å². The molecule has 2 aromatic carbocycles. The average Bonchev–Trinajstić information content (AvgIpc) is 3.24. The van der Waals surface area contributed by atoms with Crippen molar-refractivity contribution in [1.82, 2.24) is 10.1 Å². The summed E-state index contributed by atoms with van der Waals surface area (Å²) in [5, 5.41) is 3.63. The molecule has 0 spiro atoms. The fraction of sp³-hybridized carbons (Fsp3) is 0.190. The van der Waals surface area contributed by atoms with Gasteiger partial charge in [-0.25, -0.2) is 4.79 Å². The lowest BCUT2D eigenvalue weighted by Crippen LogP contribution is -2.04. The van der Waals surface area contributed by atoms with Crippen LogP contribution in [0.25, 0.3) is 17.5 Å². The molecule has 0 unspecified atom stereocenters. The Morgan fingerprint density at radius 1 is 1.13 bits per heavy atom. The number of nitrogens with zero attached hydrogens (tertiary/aromatic N) is 2. The van der Waals surface area contributed by atoms with Crippen LogP contribution in [0.1, 0.15) is 17.0 Å². The number of hydrogen-bond acceptors (Lipinski definition) is 7. The van der Waals surface area contributed by atoms with Gasteiger partial charge < -0.3 is 18.7 Å². The van der Waals surface area contributed by atoms with Crippen molar-refractivity contribution in [3.8, 4) is 22.9 Å². The van der Waals surface area contributed by atoms with Crippen LogP contribution in [0.3, 0.4) is 0 Å². The van der Waals surface area contributed by atoms with Gasteiger partial charge in [0.05, 0.1) is 19.8 Å². The van der Waals surface area contributed by atoms with E-state index in [0.29, 0.717) is 17.1 Å². The van der Waals surface area contributed by atoms with E-state index in [4.69, 9.17) is 18.7 Å². The molecule has 0 amide bonds. The molecular formula is C21H17F3N2O5. The number of ether oxygens (including phenoxy) is 3. The third-order valence-corrected chi connectivity index (χ3v) is 4.09. The Bertz CT molecular complexity index is 1090. The highest BCUT2D eigenvalue weighted by Crippen LogP contribution is 2.31. The highest BCUT2D eigenvalue weighted by Gasteiger charge is 2.30. The molecule has 0 atom stereocenters. The molecule has 0 N–H and O–H groups in total. The topological polar surface area (TPSA) is 83.7 Å². The van der Waals surface area contributed by atoms with Gasteiger partial charge in [-0.05, 0) is 30.3 Å². The summed E-state index contributed by atoms with van der Waals surface area (Å²) in [5.74, 6) is 0.319. The predicted octanol–water partition coefficient (Wildman–Crippen LogP) is 4.53. The first-order chi connectivity index (χ1) is 14.8. The Kier molecular flexibility index (Phi) is 6.58. The van der Waals surface area contributed by atoms with Crippen molar-refractivity contribution in [2.45, 2.75) is 12.8 Å². The Balaban J connectivity index is 1.62. The number of carbonyl (C=O) groups excluding carboxylic acids is 1. The molecule has 0 aliphatic rings.